The number of aromatic nitrogens is 2. The van der Waals surface area contributed by atoms with Gasteiger partial charge in [0.1, 0.15) is 0 Å². The fourth-order valence-corrected chi connectivity index (χ4v) is 12.6. The van der Waals surface area contributed by atoms with Crippen LogP contribution in [0, 0.1) is 0 Å². The Morgan fingerprint density at radius 1 is 0.298 bits per heavy atom. The van der Waals surface area contributed by atoms with Gasteiger partial charge in [0.15, 0.2) is 0 Å². The molecule has 9 heteroatoms. The van der Waals surface area contributed by atoms with Gasteiger partial charge in [0.2, 0.25) is 0 Å². The summed E-state index contributed by atoms with van der Waals surface area (Å²) in [4.78, 5) is 32.8. The first-order chi connectivity index (χ1) is 28.2. The molecule has 6 heterocycles. The number of benzene rings is 8. The van der Waals surface area contributed by atoms with Gasteiger partial charge < -0.3 is 0 Å². The van der Waals surface area contributed by atoms with Crippen LogP contribution in [0.1, 0.15) is 22.3 Å². The van der Waals surface area contributed by atoms with Crippen molar-refractivity contribution in [2.45, 2.75) is 0 Å². The van der Waals surface area contributed by atoms with Crippen molar-refractivity contribution in [3.05, 3.63) is 179 Å². The number of fused-ring (bicyclic) bond motifs is 18. The fourth-order valence-electron chi connectivity index (χ4n) is 9.04. The zero-order valence-electron chi connectivity index (χ0n) is 29.9. The first-order valence-corrected chi connectivity index (χ1v) is 21.5. The van der Waals surface area contributed by atoms with E-state index in [2.05, 4.69) is 151 Å². The molecule has 0 spiro atoms. The van der Waals surface area contributed by atoms with Crippen LogP contribution in [0.5, 0.6) is 0 Å². The second kappa shape index (κ2) is 10.8. The van der Waals surface area contributed by atoms with Crippen molar-refractivity contribution in [2.24, 2.45) is 30.0 Å². The van der Waals surface area contributed by atoms with Crippen molar-refractivity contribution in [1.82, 2.24) is 5.58 Å². The third kappa shape index (κ3) is 4.17. The van der Waals surface area contributed by atoms with E-state index < -0.39 is 21.7 Å². The molecule has 10 aromatic rings. The molecule has 6 bridgehead atoms. The van der Waals surface area contributed by atoms with E-state index in [4.69, 9.17) is 30.0 Å². The van der Waals surface area contributed by atoms with Crippen molar-refractivity contribution in [2.75, 3.05) is 0 Å². The molecular formula is C48H24N8Sn. The van der Waals surface area contributed by atoms with E-state index >= 15 is 0 Å². The molecule has 0 unspecified atom stereocenters. The van der Waals surface area contributed by atoms with E-state index in [1.165, 1.54) is 0 Å². The van der Waals surface area contributed by atoms with Crippen molar-refractivity contribution in [3.63, 3.8) is 0 Å². The molecule has 260 valence electrons. The summed E-state index contributed by atoms with van der Waals surface area (Å²) in [6, 6.07) is 52.0. The molecule has 8 nitrogen and oxygen atoms in total. The predicted octanol–water partition coefficient (Wildman–Crippen LogP) is 9.08. The van der Waals surface area contributed by atoms with Crippen molar-refractivity contribution in [3.8, 4) is 0 Å². The van der Waals surface area contributed by atoms with Crippen LogP contribution in [0.25, 0.3) is 64.6 Å². The van der Waals surface area contributed by atoms with Gasteiger partial charge in [0.05, 0.1) is 0 Å². The first kappa shape index (κ1) is 30.2. The van der Waals surface area contributed by atoms with Crippen LogP contribution in [0.15, 0.2) is 176 Å². The molecule has 4 aliphatic rings. The minimum absolute atomic E-state index is 0.659. The summed E-state index contributed by atoms with van der Waals surface area (Å²) in [5.74, 6) is 4.34. The van der Waals surface area contributed by atoms with Gasteiger partial charge in [-0.1, -0.05) is 0 Å². The quantitative estimate of drug-likeness (QED) is 0.137. The molecule has 0 atom stereocenters. The normalized spacial score (nSPS) is 14.9. The van der Waals surface area contributed by atoms with Gasteiger partial charge >= 0.3 is 336 Å². The molecule has 0 saturated heterocycles. The number of nitrogens with zero attached hydrogens (tertiary/aromatic N) is 8. The van der Waals surface area contributed by atoms with Crippen molar-refractivity contribution >= 4 is 121 Å². The van der Waals surface area contributed by atoms with E-state index in [1.807, 2.05) is 0 Å². The van der Waals surface area contributed by atoms with Crippen molar-refractivity contribution < 1.29 is 0 Å². The molecule has 0 aliphatic carbocycles. The predicted molar refractivity (Wildman–Crippen MR) is 231 cm³/mol. The first-order valence-electron chi connectivity index (χ1n) is 19.0. The Bertz CT molecular complexity index is 3600. The number of hydrogen-bond donors (Lipinski definition) is 0. The summed E-state index contributed by atoms with van der Waals surface area (Å²) in [6.45, 7) is 0. The van der Waals surface area contributed by atoms with Gasteiger partial charge in [-0.05, 0) is 0 Å². The summed E-state index contributed by atoms with van der Waals surface area (Å²) < 4.78 is 4.78. The summed E-state index contributed by atoms with van der Waals surface area (Å²) in [6.07, 6.45) is 0. The summed E-state index contributed by atoms with van der Waals surface area (Å²) in [7, 11) is 0. The van der Waals surface area contributed by atoms with Crippen LogP contribution in [0.3, 0.4) is 0 Å². The molecule has 4 aliphatic heterocycles. The monoisotopic (exact) mass is 832 g/mol. The van der Waals surface area contributed by atoms with Gasteiger partial charge in [-0.25, -0.2) is 0 Å². The van der Waals surface area contributed by atoms with E-state index in [0.717, 1.165) is 109 Å². The SMILES string of the molecule is c1ccc2cc3c(cc2c1)C1=NC3=Nc2c3cc4ccccc4cc3c3[n]2[Sn][n]2c(c4cc5ccccc5cc4c2=NC2=NC(=N3)c3cc4ccccc4cc32)=N1. The molecule has 0 fully saturated rings. The Hall–Kier alpha value is -7.04. The molecule has 14 rings (SSSR count). The van der Waals surface area contributed by atoms with Crippen LogP contribution in [0.2, 0.25) is 0 Å². The number of rotatable bonds is 0. The van der Waals surface area contributed by atoms with Gasteiger partial charge in [0.25, 0.3) is 0 Å². The van der Waals surface area contributed by atoms with Gasteiger partial charge in [-0.15, -0.1) is 0 Å². The topological polar surface area (TPSA) is 84.0 Å². The van der Waals surface area contributed by atoms with Crippen LogP contribution < -0.4 is 11.0 Å². The second-order valence-electron chi connectivity index (χ2n) is 15.0. The third-order valence-corrected chi connectivity index (χ3v) is 15.3. The van der Waals surface area contributed by atoms with Gasteiger partial charge in [-0.2, -0.15) is 0 Å². The van der Waals surface area contributed by atoms with Crippen LogP contribution in [0.4, 0.5) is 11.6 Å². The standard InChI is InChI=1S/C48H24N8.Sn/c1-2-10-26-18-34-33(17-25(26)9-1)41-49-42(34)54-44-37-21-29-13-5-6-14-30(29)22-38(37)46(51-44)56-48-40-24-32-16-8-7-15-31(32)23-39(40)47(52-48)55-45-36-20-28-12-4-3-11-27(28)19-35(36)43(50-45)53-41;/h1-24H;/q-2;+2. The van der Waals surface area contributed by atoms with Crippen LogP contribution in [-0.2, 0) is 0 Å². The van der Waals surface area contributed by atoms with Gasteiger partial charge in [0, 0.05) is 0 Å². The molecular weight excluding hydrogens is 807 g/mol. The van der Waals surface area contributed by atoms with Crippen LogP contribution in [-0.4, -0.2) is 50.6 Å². The number of aliphatic imine (C=N–C) groups is 4. The zero-order valence-corrected chi connectivity index (χ0v) is 32.8. The molecule has 57 heavy (non-hydrogen) atoms. The average molecular weight is 831 g/mol. The van der Waals surface area contributed by atoms with E-state index in [9.17, 15) is 0 Å². The van der Waals surface area contributed by atoms with E-state index in [0.29, 0.717) is 23.3 Å². The summed E-state index contributed by atoms with van der Waals surface area (Å²) in [5.41, 5.74) is 5.60. The number of amidine groups is 4. The second-order valence-corrected chi connectivity index (χ2v) is 18.1. The molecule has 2 radical (unpaired) electrons. The Kier molecular flexibility index (Phi) is 5.74. The molecule has 0 amide bonds. The maximum atomic E-state index is 5.56. The minimum atomic E-state index is -1.96. The maximum absolute atomic E-state index is 5.56. The Labute approximate surface area is 333 Å². The third-order valence-electron chi connectivity index (χ3n) is 11.8. The fraction of sp³-hybridized carbons (Fsp3) is 0. The Morgan fingerprint density at radius 2 is 0.596 bits per heavy atom. The number of hydrogen-bond acceptors (Lipinski definition) is 6. The van der Waals surface area contributed by atoms with E-state index in [1.54, 1.807) is 0 Å². The Balaban J connectivity index is 1.22. The van der Waals surface area contributed by atoms with Gasteiger partial charge in [-0.3, -0.25) is 0 Å². The van der Waals surface area contributed by atoms with Crippen molar-refractivity contribution in [1.29, 1.82) is 0 Å². The van der Waals surface area contributed by atoms with Crippen LogP contribution >= 0.6 is 0 Å². The summed E-state index contributed by atoms with van der Waals surface area (Å²) >= 11 is -1.96. The summed E-state index contributed by atoms with van der Waals surface area (Å²) in [5, 5.41) is 13.3. The average Bonchev–Trinajstić information content (AvgIpc) is 3.93. The molecule has 2 aromatic heterocycles. The zero-order chi connectivity index (χ0) is 36.9. The molecule has 8 aromatic carbocycles. The Morgan fingerprint density at radius 3 is 0.947 bits per heavy atom. The molecule has 0 N–H and O–H groups in total. The van der Waals surface area contributed by atoms with E-state index in [-0.39, 0.29) is 0 Å². The molecule has 0 saturated carbocycles.